The monoisotopic (exact) mass is 409 g/mol. The third-order valence-electron chi connectivity index (χ3n) is 3.89. The van der Waals surface area contributed by atoms with Crippen molar-refractivity contribution >= 4 is 31.9 Å². The highest BCUT2D eigenvalue weighted by atomic mass is 79.9. The molecule has 0 saturated heterocycles. The van der Waals surface area contributed by atoms with E-state index in [0.717, 1.165) is 39.7 Å². The molecule has 1 atom stereocenters. The SMILES string of the molecule is CC(N)(Cc1cc(Br)cc2c1OCC2)c1ccc(Br)cc1. The number of ether oxygens (including phenoxy) is 1. The molecular formula is C17H17Br2NO. The van der Waals surface area contributed by atoms with Crippen LogP contribution in [-0.4, -0.2) is 6.61 Å². The number of hydrogen-bond acceptors (Lipinski definition) is 2. The number of hydrogen-bond donors (Lipinski definition) is 1. The summed E-state index contributed by atoms with van der Waals surface area (Å²) < 4.78 is 7.96. The number of halogens is 2. The molecule has 0 fully saturated rings. The quantitative estimate of drug-likeness (QED) is 0.804. The molecule has 2 aromatic rings. The zero-order valence-corrected chi connectivity index (χ0v) is 15.0. The molecule has 1 aliphatic rings. The van der Waals surface area contributed by atoms with Gasteiger partial charge in [-0.05, 0) is 54.3 Å². The highest BCUT2D eigenvalue weighted by Crippen LogP contribution is 2.36. The number of fused-ring (bicyclic) bond motifs is 1. The van der Waals surface area contributed by atoms with Crippen LogP contribution in [0, 0.1) is 0 Å². The van der Waals surface area contributed by atoms with Crippen LogP contribution in [0.5, 0.6) is 5.75 Å². The lowest BCUT2D eigenvalue weighted by Crippen LogP contribution is -2.35. The van der Waals surface area contributed by atoms with Crippen LogP contribution in [0.4, 0.5) is 0 Å². The first-order chi connectivity index (χ1) is 9.95. The van der Waals surface area contributed by atoms with Crippen LogP contribution < -0.4 is 10.5 Å². The maximum atomic E-state index is 6.58. The van der Waals surface area contributed by atoms with Crippen molar-refractivity contribution in [2.24, 2.45) is 5.73 Å². The lowest BCUT2D eigenvalue weighted by atomic mass is 9.86. The minimum Gasteiger partial charge on any atom is -0.493 e. The summed E-state index contributed by atoms with van der Waals surface area (Å²) in [5.74, 6) is 1.02. The Hall–Kier alpha value is -0.840. The molecule has 0 saturated carbocycles. The van der Waals surface area contributed by atoms with Crippen LogP contribution in [0.25, 0.3) is 0 Å². The van der Waals surface area contributed by atoms with Gasteiger partial charge >= 0.3 is 0 Å². The fraction of sp³-hybridized carbons (Fsp3) is 0.294. The van der Waals surface area contributed by atoms with E-state index in [0.29, 0.717) is 0 Å². The Labute approximate surface area is 141 Å². The smallest absolute Gasteiger partial charge is 0.125 e. The average Bonchev–Trinajstić information content (AvgIpc) is 2.87. The Bertz CT molecular complexity index is 665. The Morgan fingerprint density at radius 2 is 1.86 bits per heavy atom. The van der Waals surface area contributed by atoms with Crippen molar-refractivity contribution in [3.8, 4) is 5.75 Å². The third-order valence-corrected chi connectivity index (χ3v) is 4.87. The van der Waals surface area contributed by atoms with Crippen LogP contribution in [0.3, 0.4) is 0 Å². The van der Waals surface area contributed by atoms with Gasteiger partial charge in [0.25, 0.3) is 0 Å². The van der Waals surface area contributed by atoms with Gasteiger partial charge in [-0.2, -0.15) is 0 Å². The maximum absolute atomic E-state index is 6.58. The van der Waals surface area contributed by atoms with Gasteiger partial charge in [-0.1, -0.05) is 44.0 Å². The maximum Gasteiger partial charge on any atom is 0.125 e. The minimum atomic E-state index is -0.429. The number of nitrogens with two attached hydrogens (primary N) is 1. The van der Waals surface area contributed by atoms with Crippen LogP contribution in [0.15, 0.2) is 45.3 Å². The van der Waals surface area contributed by atoms with Crippen molar-refractivity contribution in [3.63, 3.8) is 0 Å². The second kappa shape index (κ2) is 5.75. The van der Waals surface area contributed by atoms with E-state index in [1.807, 2.05) is 12.1 Å². The molecule has 2 nitrogen and oxygen atoms in total. The van der Waals surface area contributed by atoms with Gasteiger partial charge in [0.2, 0.25) is 0 Å². The molecule has 2 N–H and O–H groups in total. The van der Waals surface area contributed by atoms with E-state index in [1.54, 1.807) is 0 Å². The summed E-state index contributed by atoms with van der Waals surface area (Å²) >= 11 is 7.05. The third kappa shape index (κ3) is 3.17. The first-order valence-corrected chi connectivity index (χ1v) is 8.53. The van der Waals surface area contributed by atoms with Crippen LogP contribution in [-0.2, 0) is 18.4 Å². The molecule has 0 amide bonds. The standard InChI is InChI=1S/C17H17Br2NO/c1-17(20,13-2-4-14(18)5-3-13)10-12-9-15(19)8-11-6-7-21-16(11)12/h2-5,8-9H,6-7,10,20H2,1H3. The summed E-state index contributed by atoms with van der Waals surface area (Å²) in [6, 6.07) is 12.5. The fourth-order valence-electron chi connectivity index (χ4n) is 2.81. The molecule has 21 heavy (non-hydrogen) atoms. The topological polar surface area (TPSA) is 35.2 Å². The van der Waals surface area contributed by atoms with Crippen LogP contribution in [0.2, 0.25) is 0 Å². The van der Waals surface area contributed by atoms with Crippen molar-refractivity contribution in [1.29, 1.82) is 0 Å². The molecule has 1 heterocycles. The van der Waals surface area contributed by atoms with Crippen LogP contribution >= 0.6 is 31.9 Å². The van der Waals surface area contributed by atoms with Gasteiger partial charge in [0.15, 0.2) is 0 Å². The van der Waals surface area contributed by atoms with E-state index in [9.17, 15) is 0 Å². The molecule has 4 heteroatoms. The molecule has 0 aliphatic carbocycles. The summed E-state index contributed by atoms with van der Waals surface area (Å²) in [7, 11) is 0. The van der Waals surface area contributed by atoms with Crippen molar-refractivity contribution < 1.29 is 4.74 Å². The van der Waals surface area contributed by atoms with Crippen LogP contribution in [0.1, 0.15) is 23.6 Å². The van der Waals surface area contributed by atoms with E-state index >= 15 is 0 Å². The molecule has 0 radical (unpaired) electrons. The lowest BCUT2D eigenvalue weighted by molar-refractivity contribution is 0.349. The molecule has 1 aliphatic heterocycles. The summed E-state index contributed by atoms with van der Waals surface area (Å²) in [5.41, 5.74) is 9.71. The first-order valence-electron chi connectivity index (χ1n) is 6.95. The molecule has 0 spiro atoms. The van der Waals surface area contributed by atoms with E-state index in [-0.39, 0.29) is 0 Å². The second-order valence-electron chi connectivity index (χ2n) is 5.75. The summed E-state index contributed by atoms with van der Waals surface area (Å²) in [6.07, 6.45) is 1.72. The van der Waals surface area contributed by atoms with Crippen molar-refractivity contribution in [2.45, 2.75) is 25.3 Å². The highest BCUT2D eigenvalue weighted by molar-refractivity contribution is 9.10. The van der Waals surface area contributed by atoms with Crippen molar-refractivity contribution in [2.75, 3.05) is 6.61 Å². The fourth-order valence-corrected chi connectivity index (χ4v) is 3.62. The lowest BCUT2D eigenvalue weighted by Gasteiger charge is -2.26. The van der Waals surface area contributed by atoms with Gasteiger partial charge in [-0.3, -0.25) is 0 Å². The Kier molecular flexibility index (Phi) is 4.12. The van der Waals surface area contributed by atoms with Gasteiger partial charge in [0.05, 0.1) is 6.61 Å². The normalized spacial score (nSPS) is 16.2. The van der Waals surface area contributed by atoms with Gasteiger partial charge < -0.3 is 10.5 Å². The Balaban J connectivity index is 1.94. The molecule has 1 unspecified atom stereocenters. The van der Waals surface area contributed by atoms with E-state index in [2.05, 4.69) is 63.0 Å². The van der Waals surface area contributed by atoms with E-state index in [4.69, 9.17) is 10.5 Å². The molecule has 0 aromatic heterocycles. The van der Waals surface area contributed by atoms with Gasteiger partial charge in [0, 0.05) is 20.9 Å². The number of benzene rings is 2. The molecule has 2 aromatic carbocycles. The predicted octanol–water partition coefficient (Wildman–Crippen LogP) is 4.56. The summed E-state index contributed by atoms with van der Waals surface area (Å²) in [4.78, 5) is 0. The second-order valence-corrected chi connectivity index (χ2v) is 7.58. The minimum absolute atomic E-state index is 0.429. The zero-order chi connectivity index (χ0) is 15.0. The highest BCUT2D eigenvalue weighted by Gasteiger charge is 2.26. The number of rotatable bonds is 3. The Morgan fingerprint density at radius 1 is 1.14 bits per heavy atom. The first kappa shape index (κ1) is 15.1. The molecule has 0 bridgehead atoms. The van der Waals surface area contributed by atoms with Gasteiger partial charge in [-0.15, -0.1) is 0 Å². The van der Waals surface area contributed by atoms with Crippen molar-refractivity contribution in [3.05, 3.63) is 62.0 Å². The Morgan fingerprint density at radius 3 is 2.57 bits per heavy atom. The average molecular weight is 411 g/mol. The van der Waals surface area contributed by atoms with E-state index in [1.165, 1.54) is 11.1 Å². The largest absolute Gasteiger partial charge is 0.493 e. The van der Waals surface area contributed by atoms with Gasteiger partial charge in [-0.25, -0.2) is 0 Å². The van der Waals surface area contributed by atoms with Gasteiger partial charge in [0.1, 0.15) is 5.75 Å². The summed E-state index contributed by atoms with van der Waals surface area (Å²) in [5, 5.41) is 0. The zero-order valence-electron chi connectivity index (χ0n) is 11.8. The summed E-state index contributed by atoms with van der Waals surface area (Å²) in [6.45, 7) is 2.83. The molecule has 3 rings (SSSR count). The van der Waals surface area contributed by atoms with E-state index < -0.39 is 5.54 Å². The van der Waals surface area contributed by atoms with Crippen molar-refractivity contribution in [1.82, 2.24) is 0 Å². The molecule has 110 valence electrons. The molecular weight excluding hydrogens is 394 g/mol. The predicted molar refractivity (Wildman–Crippen MR) is 92.7 cm³/mol.